The summed E-state index contributed by atoms with van der Waals surface area (Å²) in [6.07, 6.45) is 5.55. The maximum atomic E-state index is 12.6. The fraction of sp³-hybridized carbons (Fsp3) is 0.412. The third kappa shape index (κ3) is 2.84. The lowest BCUT2D eigenvalue weighted by molar-refractivity contribution is -0.124. The Hall–Kier alpha value is -2.10. The van der Waals surface area contributed by atoms with Gasteiger partial charge in [0.2, 0.25) is 5.91 Å². The van der Waals surface area contributed by atoms with E-state index < -0.39 is 0 Å². The number of nitrogens with one attached hydrogen (secondary N) is 1. The first-order chi connectivity index (χ1) is 10.1. The number of amides is 1. The molecule has 21 heavy (non-hydrogen) atoms. The zero-order valence-corrected chi connectivity index (χ0v) is 12.5. The van der Waals surface area contributed by atoms with Crippen LogP contribution in [0.3, 0.4) is 0 Å². The lowest BCUT2D eigenvalue weighted by atomic mass is 9.93. The van der Waals surface area contributed by atoms with Gasteiger partial charge in [0.1, 0.15) is 0 Å². The molecule has 0 radical (unpaired) electrons. The molecular weight excluding hydrogens is 262 g/mol. The molecule has 1 heterocycles. The number of benzene rings is 1. The fourth-order valence-electron chi connectivity index (χ4n) is 2.81. The number of carbonyl (C=O) groups is 1. The number of aryl methyl sites for hydroxylation is 1. The van der Waals surface area contributed by atoms with Crippen molar-refractivity contribution >= 4 is 5.91 Å². The van der Waals surface area contributed by atoms with E-state index in [4.69, 9.17) is 0 Å². The highest BCUT2D eigenvalue weighted by atomic mass is 16.2. The summed E-state index contributed by atoms with van der Waals surface area (Å²) in [5, 5.41) is 7.32. The summed E-state index contributed by atoms with van der Waals surface area (Å²) in [6.45, 7) is 4.78. The minimum absolute atomic E-state index is 0.0692. The maximum Gasteiger partial charge on any atom is 0.230 e. The van der Waals surface area contributed by atoms with E-state index in [9.17, 15) is 4.79 Å². The molecule has 1 saturated carbocycles. The molecule has 0 aliphatic heterocycles. The molecule has 1 fully saturated rings. The largest absolute Gasteiger partial charge is 0.351 e. The van der Waals surface area contributed by atoms with E-state index in [-0.39, 0.29) is 17.4 Å². The minimum atomic E-state index is -0.301. The van der Waals surface area contributed by atoms with Crippen LogP contribution in [0.15, 0.2) is 42.7 Å². The number of rotatable bonds is 5. The van der Waals surface area contributed by atoms with E-state index in [0.29, 0.717) is 6.54 Å². The predicted molar refractivity (Wildman–Crippen MR) is 81.9 cm³/mol. The van der Waals surface area contributed by atoms with Gasteiger partial charge in [0.15, 0.2) is 0 Å². The van der Waals surface area contributed by atoms with Crippen molar-refractivity contribution in [3.8, 4) is 0 Å². The molecule has 4 heteroatoms. The average Bonchev–Trinajstić information content (AvgIpc) is 3.12. The summed E-state index contributed by atoms with van der Waals surface area (Å²) in [5.41, 5.74) is 2.05. The first-order valence-corrected chi connectivity index (χ1v) is 7.46. The number of nitrogens with zero attached hydrogens (tertiary/aromatic N) is 2. The van der Waals surface area contributed by atoms with Gasteiger partial charge in [0.25, 0.3) is 0 Å². The van der Waals surface area contributed by atoms with Crippen molar-refractivity contribution in [3.05, 3.63) is 53.9 Å². The zero-order valence-electron chi connectivity index (χ0n) is 12.5. The molecule has 0 spiro atoms. The van der Waals surface area contributed by atoms with E-state index in [1.54, 1.807) is 6.20 Å². The van der Waals surface area contributed by atoms with Gasteiger partial charge in [0.05, 0.1) is 12.0 Å². The van der Waals surface area contributed by atoms with Gasteiger partial charge >= 0.3 is 0 Å². The van der Waals surface area contributed by atoms with Crippen LogP contribution in [0.1, 0.15) is 30.9 Å². The monoisotopic (exact) mass is 283 g/mol. The van der Waals surface area contributed by atoms with E-state index in [0.717, 1.165) is 18.4 Å². The molecule has 1 aliphatic rings. The molecular formula is C17H21N3O. The third-order valence-corrected chi connectivity index (χ3v) is 4.15. The highest BCUT2D eigenvalue weighted by Gasteiger charge is 2.51. The summed E-state index contributed by atoms with van der Waals surface area (Å²) < 4.78 is 1.84. The number of aromatic nitrogens is 2. The molecule has 3 rings (SSSR count). The molecule has 1 aromatic carbocycles. The Labute approximate surface area is 125 Å². The lowest BCUT2D eigenvalue weighted by Gasteiger charge is -2.20. The molecule has 1 amide bonds. The minimum Gasteiger partial charge on any atom is -0.351 e. The quantitative estimate of drug-likeness (QED) is 0.916. The Morgan fingerprint density at radius 1 is 1.43 bits per heavy atom. The lowest BCUT2D eigenvalue weighted by Crippen LogP contribution is -2.42. The molecule has 1 aliphatic carbocycles. The molecule has 0 saturated heterocycles. The zero-order chi connectivity index (χ0) is 14.9. The standard InChI is InChI=1S/C17H21N3O/c1-13-5-3-6-15(11-13)17(7-8-17)16(21)19-14(2)12-20-10-4-9-18-20/h3-6,9-11,14H,7-8,12H2,1-2H3,(H,19,21)/t14-/m0/s1. The van der Waals surface area contributed by atoms with Crippen LogP contribution in [0.4, 0.5) is 0 Å². The average molecular weight is 283 g/mol. The van der Waals surface area contributed by atoms with Gasteiger partial charge in [-0.05, 0) is 38.3 Å². The van der Waals surface area contributed by atoms with E-state index in [2.05, 4.69) is 35.5 Å². The molecule has 2 aromatic rings. The second-order valence-corrected chi connectivity index (χ2v) is 6.05. The molecule has 1 aromatic heterocycles. The SMILES string of the molecule is Cc1cccc(C2(C(=O)N[C@@H](C)Cn3cccn3)CC2)c1. The summed E-state index contributed by atoms with van der Waals surface area (Å²) in [6, 6.07) is 10.3. The third-order valence-electron chi connectivity index (χ3n) is 4.15. The van der Waals surface area contributed by atoms with Gasteiger partial charge in [-0.1, -0.05) is 29.8 Å². The van der Waals surface area contributed by atoms with Gasteiger partial charge in [-0.25, -0.2) is 0 Å². The summed E-state index contributed by atoms with van der Waals surface area (Å²) in [5.74, 6) is 0.146. The van der Waals surface area contributed by atoms with E-state index in [1.165, 1.54) is 5.56 Å². The van der Waals surface area contributed by atoms with Gasteiger partial charge in [-0.2, -0.15) is 5.10 Å². The Morgan fingerprint density at radius 2 is 2.24 bits per heavy atom. The Morgan fingerprint density at radius 3 is 2.86 bits per heavy atom. The van der Waals surface area contributed by atoms with Crippen molar-refractivity contribution < 1.29 is 4.79 Å². The normalized spacial score (nSPS) is 17.2. The summed E-state index contributed by atoms with van der Waals surface area (Å²) in [4.78, 5) is 12.6. The van der Waals surface area contributed by atoms with Crippen molar-refractivity contribution in [2.24, 2.45) is 0 Å². The number of hydrogen-bond donors (Lipinski definition) is 1. The highest BCUT2D eigenvalue weighted by molar-refractivity contribution is 5.91. The van der Waals surface area contributed by atoms with Crippen LogP contribution in [-0.2, 0) is 16.8 Å². The van der Waals surface area contributed by atoms with Gasteiger partial charge in [0, 0.05) is 18.4 Å². The van der Waals surface area contributed by atoms with Crippen LogP contribution in [0.2, 0.25) is 0 Å². The van der Waals surface area contributed by atoms with Crippen molar-refractivity contribution in [3.63, 3.8) is 0 Å². The van der Waals surface area contributed by atoms with Crippen LogP contribution in [0, 0.1) is 6.92 Å². The van der Waals surface area contributed by atoms with Gasteiger partial charge in [-0.15, -0.1) is 0 Å². The molecule has 1 atom stereocenters. The maximum absolute atomic E-state index is 12.6. The Bertz CT molecular complexity index is 629. The number of hydrogen-bond acceptors (Lipinski definition) is 2. The van der Waals surface area contributed by atoms with Crippen molar-refractivity contribution in [2.75, 3.05) is 0 Å². The molecule has 110 valence electrons. The van der Waals surface area contributed by atoms with Crippen molar-refractivity contribution in [2.45, 2.75) is 44.7 Å². The molecule has 4 nitrogen and oxygen atoms in total. The smallest absolute Gasteiger partial charge is 0.230 e. The first-order valence-electron chi connectivity index (χ1n) is 7.46. The Kier molecular flexibility index (Phi) is 3.53. The van der Waals surface area contributed by atoms with Gasteiger partial charge in [-0.3, -0.25) is 9.48 Å². The second-order valence-electron chi connectivity index (χ2n) is 6.05. The van der Waals surface area contributed by atoms with Crippen LogP contribution in [-0.4, -0.2) is 21.7 Å². The highest BCUT2D eigenvalue weighted by Crippen LogP contribution is 2.48. The number of carbonyl (C=O) groups excluding carboxylic acids is 1. The molecule has 0 bridgehead atoms. The van der Waals surface area contributed by atoms with E-state index in [1.807, 2.05) is 29.9 Å². The van der Waals surface area contributed by atoms with Crippen molar-refractivity contribution in [1.29, 1.82) is 0 Å². The van der Waals surface area contributed by atoms with Crippen LogP contribution in [0.5, 0.6) is 0 Å². The summed E-state index contributed by atoms with van der Waals surface area (Å²) >= 11 is 0. The van der Waals surface area contributed by atoms with Crippen LogP contribution in [0.25, 0.3) is 0 Å². The molecule has 1 N–H and O–H groups in total. The fourth-order valence-corrected chi connectivity index (χ4v) is 2.81. The van der Waals surface area contributed by atoms with Gasteiger partial charge < -0.3 is 5.32 Å². The van der Waals surface area contributed by atoms with Crippen LogP contribution < -0.4 is 5.32 Å². The predicted octanol–water partition coefficient (Wildman–Crippen LogP) is 2.43. The summed E-state index contributed by atoms with van der Waals surface area (Å²) in [7, 11) is 0. The molecule has 0 unspecified atom stereocenters. The van der Waals surface area contributed by atoms with E-state index >= 15 is 0 Å². The van der Waals surface area contributed by atoms with Crippen molar-refractivity contribution in [1.82, 2.24) is 15.1 Å². The van der Waals surface area contributed by atoms with Crippen LogP contribution >= 0.6 is 0 Å². The topological polar surface area (TPSA) is 46.9 Å². The second kappa shape index (κ2) is 5.35. The first kappa shape index (κ1) is 13.9. The Balaban J connectivity index is 1.67.